The van der Waals surface area contributed by atoms with Gasteiger partial charge in [-0.3, -0.25) is 0 Å². The lowest BCUT2D eigenvalue weighted by Gasteiger charge is -2.38. The molecule has 2 aliphatic rings. The summed E-state index contributed by atoms with van der Waals surface area (Å²) in [7, 11) is 0. The number of nitrogens with zero attached hydrogens (tertiary/aromatic N) is 4. The number of benzene rings is 1. The van der Waals surface area contributed by atoms with E-state index in [1.54, 1.807) is 0 Å². The summed E-state index contributed by atoms with van der Waals surface area (Å²) in [5, 5.41) is 0. The van der Waals surface area contributed by atoms with Gasteiger partial charge < -0.3 is 15.5 Å². The number of hydrogen-bond donors (Lipinski definition) is 1. The topological polar surface area (TPSA) is 58.3 Å². The highest BCUT2D eigenvalue weighted by atomic mass is 19.1. The number of fused-ring (bicyclic) bond motifs is 1. The summed E-state index contributed by atoms with van der Waals surface area (Å²) in [6.07, 6.45) is 4.20. The van der Waals surface area contributed by atoms with Crippen molar-refractivity contribution in [2.24, 2.45) is 0 Å². The van der Waals surface area contributed by atoms with Gasteiger partial charge in [0.05, 0.1) is 11.4 Å². The van der Waals surface area contributed by atoms with Crippen LogP contribution in [0.4, 0.5) is 26.2 Å². The second-order valence-electron chi connectivity index (χ2n) is 6.61. The lowest BCUT2D eigenvalue weighted by molar-refractivity contribution is 0.577. The summed E-state index contributed by atoms with van der Waals surface area (Å²) in [5.74, 6) is 0.422. The Hall–Kier alpha value is -2.44. The van der Waals surface area contributed by atoms with Crippen LogP contribution in [0.5, 0.6) is 0 Å². The van der Waals surface area contributed by atoms with Crippen LogP contribution in [-0.2, 0) is 12.8 Å². The van der Waals surface area contributed by atoms with Gasteiger partial charge in [0.1, 0.15) is 17.5 Å². The van der Waals surface area contributed by atoms with E-state index in [-0.39, 0.29) is 0 Å². The molecule has 132 valence electrons. The lowest BCUT2D eigenvalue weighted by atomic mass is 9.96. The van der Waals surface area contributed by atoms with E-state index in [2.05, 4.69) is 14.9 Å². The van der Waals surface area contributed by atoms with Crippen molar-refractivity contribution in [3.8, 4) is 0 Å². The fourth-order valence-corrected chi connectivity index (χ4v) is 3.74. The Kier molecular flexibility index (Phi) is 4.15. The quantitative estimate of drug-likeness (QED) is 0.906. The van der Waals surface area contributed by atoms with E-state index in [0.717, 1.165) is 43.3 Å². The van der Waals surface area contributed by atoms with Crippen molar-refractivity contribution in [2.45, 2.75) is 25.7 Å². The minimum atomic E-state index is -0.420. The van der Waals surface area contributed by atoms with Crippen LogP contribution in [-0.4, -0.2) is 36.1 Å². The van der Waals surface area contributed by atoms with E-state index in [1.165, 1.54) is 17.7 Å². The molecule has 1 aliphatic carbocycles. The summed E-state index contributed by atoms with van der Waals surface area (Å²) in [6.45, 7) is 2.61. The highest BCUT2D eigenvalue weighted by molar-refractivity contribution is 5.55. The third kappa shape index (κ3) is 3.10. The Balaban J connectivity index is 1.55. The molecule has 5 nitrogen and oxygen atoms in total. The van der Waals surface area contributed by atoms with Crippen LogP contribution in [0.3, 0.4) is 0 Å². The predicted molar refractivity (Wildman–Crippen MR) is 93.9 cm³/mol. The van der Waals surface area contributed by atoms with Crippen LogP contribution in [0.25, 0.3) is 0 Å². The minimum absolute atomic E-state index is 0.314. The van der Waals surface area contributed by atoms with Crippen LogP contribution >= 0.6 is 0 Å². The van der Waals surface area contributed by atoms with Crippen LogP contribution in [0.2, 0.25) is 0 Å². The Morgan fingerprint density at radius 3 is 2.44 bits per heavy atom. The van der Waals surface area contributed by atoms with E-state index < -0.39 is 11.6 Å². The van der Waals surface area contributed by atoms with Gasteiger partial charge in [-0.25, -0.2) is 13.8 Å². The fraction of sp³-hybridized carbons (Fsp3) is 0.444. The predicted octanol–water partition coefficient (Wildman–Crippen LogP) is 2.54. The summed E-state index contributed by atoms with van der Waals surface area (Å²) >= 11 is 0. The van der Waals surface area contributed by atoms with Gasteiger partial charge in [0.2, 0.25) is 5.95 Å². The van der Waals surface area contributed by atoms with Crippen LogP contribution in [0.1, 0.15) is 24.1 Å². The highest BCUT2D eigenvalue weighted by Crippen LogP contribution is 2.30. The molecule has 0 saturated carbocycles. The maximum absolute atomic E-state index is 14.0. The van der Waals surface area contributed by atoms with Crippen molar-refractivity contribution >= 4 is 17.5 Å². The SMILES string of the molecule is Nc1nc2c(c(N3CCN(c4cc(F)ccc4F)CC3)n1)CCCC2. The van der Waals surface area contributed by atoms with Gasteiger partial charge in [0.15, 0.2) is 0 Å². The van der Waals surface area contributed by atoms with Crippen molar-refractivity contribution in [1.82, 2.24) is 9.97 Å². The maximum atomic E-state index is 14.0. The average Bonchev–Trinajstić information content (AvgIpc) is 2.63. The number of hydrogen-bond acceptors (Lipinski definition) is 5. The second kappa shape index (κ2) is 6.46. The molecule has 2 heterocycles. The Morgan fingerprint density at radius 2 is 1.64 bits per heavy atom. The van der Waals surface area contributed by atoms with Crippen LogP contribution < -0.4 is 15.5 Å². The molecule has 1 aliphatic heterocycles. The number of anilines is 3. The molecule has 1 aromatic carbocycles. The number of nitrogens with two attached hydrogens (primary N) is 1. The molecule has 2 aromatic rings. The molecule has 0 spiro atoms. The number of aryl methyl sites for hydroxylation is 1. The van der Waals surface area contributed by atoms with Gasteiger partial charge in [0.25, 0.3) is 0 Å². The molecular weight excluding hydrogens is 324 g/mol. The van der Waals surface area contributed by atoms with Gasteiger partial charge >= 0.3 is 0 Å². The van der Waals surface area contributed by atoms with Crippen molar-refractivity contribution in [2.75, 3.05) is 41.7 Å². The van der Waals surface area contributed by atoms with Crippen LogP contribution in [0, 0.1) is 11.6 Å². The van der Waals surface area contributed by atoms with E-state index in [0.29, 0.717) is 37.8 Å². The highest BCUT2D eigenvalue weighted by Gasteiger charge is 2.25. The Morgan fingerprint density at radius 1 is 0.920 bits per heavy atom. The first kappa shape index (κ1) is 16.1. The molecule has 25 heavy (non-hydrogen) atoms. The molecule has 0 radical (unpaired) electrons. The number of halogens is 2. The molecule has 0 atom stereocenters. The smallest absolute Gasteiger partial charge is 0.222 e. The molecule has 1 saturated heterocycles. The average molecular weight is 345 g/mol. The summed E-state index contributed by atoms with van der Waals surface area (Å²) in [6, 6.07) is 3.58. The Bertz CT molecular complexity index is 787. The molecular formula is C18H21F2N5. The Labute approximate surface area is 145 Å². The van der Waals surface area contributed by atoms with E-state index in [9.17, 15) is 8.78 Å². The second-order valence-corrected chi connectivity index (χ2v) is 6.61. The number of nitrogen functional groups attached to an aromatic ring is 1. The van der Waals surface area contributed by atoms with E-state index in [4.69, 9.17) is 5.73 Å². The zero-order valence-electron chi connectivity index (χ0n) is 14.0. The van der Waals surface area contributed by atoms with Crippen molar-refractivity contribution in [1.29, 1.82) is 0 Å². The van der Waals surface area contributed by atoms with Crippen LogP contribution in [0.15, 0.2) is 18.2 Å². The monoisotopic (exact) mass is 345 g/mol. The molecule has 1 fully saturated rings. The normalized spacial score (nSPS) is 17.5. The third-order valence-corrected chi connectivity index (χ3v) is 5.01. The first-order valence-corrected chi connectivity index (χ1v) is 8.72. The largest absolute Gasteiger partial charge is 0.368 e. The summed E-state index contributed by atoms with van der Waals surface area (Å²) < 4.78 is 27.4. The zero-order valence-corrected chi connectivity index (χ0v) is 14.0. The molecule has 0 amide bonds. The molecule has 7 heteroatoms. The van der Waals surface area contributed by atoms with Crippen molar-refractivity contribution in [3.05, 3.63) is 41.1 Å². The first-order valence-electron chi connectivity index (χ1n) is 8.72. The molecule has 2 N–H and O–H groups in total. The molecule has 1 aromatic heterocycles. The van der Waals surface area contributed by atoms with Gasteiger partial charge in [-0.1, -0.05) is 0 Å². The van der Waals surface area contributed by atoms with Gasteiger partial charge in [0, 0.05) is 37.8 Å². The van der Waals surface area contributed by atoms with Crippen molar-refractivity contribution < 1.29 is 8.78 Å². The number of piperazine rings is 1. The summed E-state index contributed by atoms with van der Waals surface area (Å²) in [5.41, 5.74) is 8.48. The molecule has 0 unspecified atom stereocenters. The van der Waals surface area contributed by atoms with E-state index >= 15 is 0 Å². The fourth-order valence-electron chi connectivity index (χ4n) is 3.74. The van der Waals surface area contributed by atoms with E-state index in [1.807, 2.05) is 4.90 Å². The van der Waals surface area contributed by atoms with Gasteiger partial charge in [-0.15, -0.1) is 0 Å². The maximum Gasteiger partial charge on any atom is 0.222 e. The third-order valence-electron chi connectivity index (χ3n) is 5.01. The zero-order chi connectivity index (χ0) is 17.4. The summed E-state index contributed by atoms with van der Waals surface area (Å²) in [4.78, 5) is 12.9. The number of aromatic nitrogens is 2. The molecule has 4 rings (SSSR count). The molecule has 0 bridgehead atoms. The van der Waals surface area contributed by atoms with Gasteiger partial charge in [-0.2, -0.15) is 4.98 Å². The minimum Gasteiger partial charge on any atom is -0.368 e. The van der Waals surface area contributed by atoms with Gasteiger partial charge in [-0.05, 0) is 37.8 Å². The standard InChI is InChI=1S/C18H21F2N5/c19-12-5-6-14(20)16(11-12)24-7-9-25(10-8-24)17-13-3-1-2-4-15(13)22-18(21)23-17/h5-6,11H,1-4,7-10H2,(H2,21,22,23). The number of rotatable bonds is 2. The lowest BCUT2D eigenvalue weighted by Crippen LogP contribution is -2.47. The van der Waals surface area contributed by atoms with Crippen molar-refractivity contribution in [3.63, 3.8) is 0 Å². The first-order chi connectivity index (χ1) is 12.1.